The molecule has 12 nitrogen and oxygen atoms in total. The maximum absolute atomic E-state index is 15.1. The molecular formula is C99H122F4N8O4S5Si3. The van der Waals surface area contributed by atoms with Crippen LogP contribution in [0.3, 0.4) is 0 Å². The molecule has 0 saturated carbocycles. The number of nitrogens with zero attached hydrogens (tertiary/aromatic N) is 8. The fourth-order valence-electron chi connectivity index (χ4n) is 18.8. The highest BCUT2D eigenvalue weighted by molar-refractivity contribution is 7.34. The van der Waals surface area contributed by atoms with Crippen LogP contribution in [0.2, 0.25) is 51.9 Å². The van der Waals surface area contributed by atoms with Crippen molar-refractivity contribution in [2.45, 2.75) is 324 Å². The maximum atomic E-state index is 15.1. The molecule has 0 amide bonds. The Bertz CT molecular complexity index is 5850. The first-order valence-electron chi connectivity index (χ1n) is 45.8. The van der Waals surface area contributed by atoms with E-state index in [-0.39, 0.29) is 55.7 Å². The van der Waals surface area contributed by atoms with E-state index in [4.69, 9.17) is 17.0 Å². The Labute approximate surface area is 749 Å². The van der Waals surface area contributed by atoms with Gasteiger partial charge in [-0.1, -0.05) is 238 Å². The van der Waals surface area contributed by atoms with E-state index in [0.717, 1.165) is 195 Å². The van der Waals surface area contributed by atoms with Crippen LogP contribution in [0.4, 0.5) is 17.6 Å². The second-order valence-electron chi connectivity index (χ2n) is 36.2. The van der Waals surface area contributed by atoms with Gasteiger partial charge >= 0.3 is 8.56 Å². The molecule has 3 aromatic carbocycles. The summed E-state index contributed by atoms with van der Waals surface area (Å²) < 4.78 is 97.8. The first kappa shape index (κ1) is 94.6. The summed E-state index contributed by atoms with van der Waals surface area (Å²) in [6, 6.07) is 12.2. The predicted molar refractivity (Wildman–Crippen MR) is 518 cm³/mol. The van der Waals surface area contributed by atoms with Gasteiger partial charge in [-0.3, -0.25) is 9.59 Å². The van der Waals surface area contributed by atoms with Gasteiger partial charge in [0.1, 0.15) is 46.5 Å². The lowest BCUT2D eigenvalue weighted by atomic mass is 9.94. The summed E-state index contributed by atoms with van der Waals surface area (Å²) in [5, 5.41) is 43.4. The smallest absolute Gasteiger partial charge is 0.314 e. The molecule has 0 spiro atoms. The van der Waals surface area contributed by atoms with E-state index in [0.29, 0.717) is 5.92 Å². The van der Waals surface area contributed by atoms with Gasteiger partial charge in [0.05, 0.1) is 62.0 Å². The number of ketones is 2. The number of carbonyl (C=O) groups excluding carboxylic acids is 2. The van der Waals surface area contributed by atoms with Crippen LogP contribution in [-0.2, 0) is 34.2 Å². The Morgan fingerprint density at radius 1 is 0.431 bits per heavy atom. The molecule has 10 aromatic rings. The summed E-state index contributed by atoms with van der Waals surface area (Å²) in [5.74, 6) is -5.57. The highest BCUT2D eigenvalue weighted by Crippen LogP contribution is 2.56. The molecule has 2 aliphatic rings. The quantitative estimate of drug-likeness (QED) is 0.0117. The molecular weight excluding hydrogens is 1690 g/mol. The standard InChI is InChI=1S/C99H122F4N8O4S5Si3/c1-12-16-20-24-27-29-31-34-40-48-68-80(52-44-50-70-82(66(60-104)61-105)72-56-76(100)78(102)58-74(72)92(70)112)116-98-90-96(118-94(68)98)84-86-87(109-120-108-86)85-89(88(84)110(90)54-42-36-37-43-55-123(11,114-121(5,6)7)115-122(8,9)10)111(64-65(46-38-23-19-15-4)47-39-33-26-22-18-14-3)91-97(85)119-95-69(49-41-35-32-30-28-25-21-17-13-2)81(117-99(91)95)53-45-51-71-83(67(62-106)63-107)73-57-77(101)79(103)59-75(73)93(71)113/h44-45,50-53,56-59,65H,12-43,46-49,54-55,64H2,1-11H3/b52-44+,53-45+,70-50-,71-51-. The molecule has 0 saturated heterocycles. The van der Waals surface area contributed by atoms with E-state index in [1.807, 2.05) is 59.1 Å². The second kappa shape index (κ2) is 43.8. The van der Waals surface area contributed by atoms with E-state index in [9.17, 15) is 35.0 Å². The van der Waals surface area contributed by atoms with E-state index < -0.39 is 60.0 Å². The van der Waals surface area contributed by atoms with Gasteiger partial charge < -0.3 is 17.4 Å². The Morgan fingerprint density at radius 3 is 1.18 bits per heavy atom. The van der Waals surface area contributed by atoms with Gasteiger partial charge in [0, 0.05) is 67.0 Å². The molecule has 7 heterocycles. The zero-order chi connectivity index (χ0) is 87.7. The van der Waals surface area contributed by atoms with Gasteiger partial charge in [0.2, 0.25) is 0 Å². The van der Waals surface area contributed by atoms with Gasteiger partial charge in [-0.25, -0.2) is 17.6 Å². The number of carbonyl (C=O) groups is 2. The fraction of sp³-hybridized carbons (Fsp3) is 0.515. The van der Waals surface area contributed by atoms with Gasteiger partial charge in [0.15, 0.2) is 51.5 Å². The number of halogens is 4. The van der Waals surface area contributed by atoms with Crippen LogP contribution in [0.5, 0.6) is 0 Å². The summed E-state index contributed by atoms with van der Waals surface area (Å²) in [5.41, 5.74) is 8.08. The molecule has 123 heavy (non-hydrogen) atoms. The van der Waals surface area contributed by atoms with Gasteiger partial charge in [-0.05, 0) is 161 Å². The Hall–Kier alpha value is -7.57. The van der Waals surface area contributed by atoms with E-state index >= 15 is 13.2 Å². The van der Waals surface area contributed by atoms with Crippen molar-refractivity contribution in [3.8, 4) is 24.3 Å². The maximum Gasteiger partial charge on any atom is 0.314 e. The van der Waals surface area contributed by atoms with Crippen LogP contribution in [0, 0.1) is 74.5 Å². The number of thiophene rings is 4. The number of Topliss-reactive ketones (excluding diaryl/α,β-unsaturated/α-hetero) is 2. The molecule has 2 aliphatic carbocycles. The molecule has 0 aliphatic heterocycles. The van der Waals surface area contributed by atoms with Crippen molar-refractivity contribution in [3.05, 3.63) is 137 Å². The monoisotopic (exact) mass is 1810 g/mol. The first-order chi connectivity index (χ1) is 59.4. The number of benzene rings is 3. The van der Waals surface area contributed by atoms with Crippen molar-refractivity contribution in [1.82, 2.24) is 17.9 Å². The van der Waals surface area contributed by atoms with Crippen molar-refractivity contribution >= 4 is 189 Å². The van der Waals surface area contributed by atoms with Crippen molar-refractivity contribution in [2.24, 2.45) is 5.92 Å². The zero-order valence-corrected chi connectivity index (χ0v) is 81.3. The average molecular weight is 1810 g/mol. The van der Waals surface area contributed by atoms with Crippen molar-refractivity contribution in [2.75, 3.05) is 0 Å². The van der Waals surface area contributed by atoms with Crippen LogP contribution < -0.4 is 0 Å². The molecule has 24 heteroatoms. The average Bonchev–Trinajstić information content (AvgIpc) is 1.50. The topological polar surface area (TPSA) is 183 Å². The van der Waals surface area contributed by atoms with Crippen molar-refractivity contribution < 1.29 is 35.4 Å². The third-order valence-electron chi connectivity index (χ3n) is 24.3. The molecule has 1 atom stereocenters. The second-order valence-corrected chi connectivity index (χ2v) is 53.7. The van der Waals surface area contributed by atoms with Crippen LogP contribution in [0.1, 0.15) is 299 Å². The van der Waals surface area contributed by atoms with Gasteiger partial charge in [-0.15, -0.1) is 45.3 Å². The van der Waals surface area contributed by atoms with E-state index in [1.165, 1.54) is 184 Å². The van der Waals surface area contributed by atoms with Crippen LogP contribution in [0.15, 0.2) is 70.9 Å². The lowest BCUT2D eigenvalue weighted by Crippen LogP contribution is -2.52. The lowest BCUT2D eigenvalue weighted by molar-refractivity contribution is 0.103. The molecule has 0 fully saturated rings. The third-order valence-corrected chi connectivity index (χ3v) is 39.6. The summed E-state index contributed by atoms with van der Waals surface area (Å²) in [7, 11) is -6.43. The van der Waals surface area contributed by atoms with Crippen molar-refractivity contribution in [3.63, 3.8) is 0 Å². The zero-order valence-electron chi connectivity index (χ0n) is 74.2. The number of aryl methyl sites for hydroxylation is 3. The molecule has 12 rings (SSSR count). The molecule has 1 unspecified atom stereocenters. The summed E-state index contributed by atoms with van der Waals surface area (Å²) in [6.45, 7) is 26.5. The summed E-state index contributed by atoms with van der Waals surface area (Å²) >= 11 is 8.49. The minimum atomic E-state index is -2.53. The SMILES string of the molecule is CCCCCCCCCCCc1c(/C=C/C=C2\C(=O)c3cc(F)c(F)cc3C2=C(C#N)C#N)sc2c1sc1c3c4nsnc4c4c5sc6c(CCCCCCCCCCC)c(/C=C/C=C7\C(=O)c8cc(F)c(F)cc8C7=C(C#N)C#N)sc6c5n(CC(CCCCCC)CCCCCCCC)c4c3n(CCCCCC[Si](C)(O[Si](C)(C)C)O[Si](C)(C)C)c21. The lowest BCUT2D eigenvalue weighted by Gasteiger charge is -2.38. The molecule has 0 bridgehead atoms. The van der Waals surface area contributed by atoms with E-state index in [2.05, 4.69) is 88.7 Å². The number of rotatable bonds is 49. The third kappa shape index (κ3) is 22.0. The largest absolute Gasteiger partial charge is 0.437 e. The highest BCUT2D eigenvalue weighted by Gasteiger charge is 2.41. The molecule has 0 radical (unpaired) electrons. The van der Waals surface area contributed by atoms with Crippen LogP contribution in [-0.4, -0.2) is 54.6 Å². The Morgan fingerprint density at radius 2 is 0.780 bits per heavy atom. The predicted octanol–water partition coefficient (Wildman–Crippen LogP) is 32.1. The Kier molecular flexibility index (Phi) is 33.6. The molecule has 0 N–H and O–H groups in total. The number of hydrogen-bond acceptors (Lipinski definition) is 15. The molecule has 652 valence electrons. The number of aromatic nitrogens is 4. The number of unbranched alkanes of at least 4 members (excludes halogenated alkanes) is 27. The Balaban J connectivity index is 1.10. The van der Waals surface area contributed by atoms with Gasteiger partial charge in [-0.2, -0.15) is 29.8 Å². The minimum Gasteiger partial charge on any atom is -0.437 e. The van der Waals surface area contributed by atoms with Gasteiger partial charge in [0.25, 0.3) is 0 Å². The summed E-state index contributed by atoms with van der Waals surface area (Å²) in [6.07, 6.45) is 51.4. The normalized spacial score (nSPS) is 14.4. The van der Waals surface area contributed by atoms with Crippen LogP contribution in [0.25, 0.3) is 95.4 Å². The summed E-state index contributed by atoms with van der Waals surface area (Å²) in [4.78, 5) is 30.8. The van der Waals surface area contributed by atoms with E-state index in [1.54, 1.807) is 40.9 Å². The number of nitriles is 4. The number of hydrogen-bond donors (Lipinski definition) is 0. The first-order valence-corrected chi connectivity index (χ1v) is 59.1. The fourth-order valence-corrected chi connectivity index (χ4v) is 37.8. The minimum absolute atomic E-state index is 0.00659. The van der Waals surface area contributed by atoms with Crippen molar-refractivity contribution in [1.29, 1.82) is 21.0 Å². The van der Waals surface area contributed by atoms with Crippen LogP contribution >= 0.6 is 57.1 Å². The highest BCUT2D eigenvalue weighted by atomic mass is 32.1. The number of fused-ring (bicyclic) bond motifs is 16. The number of allylic oxidation sites excluding steroid dienone is 10. The molecule has 7 aromatic heterocycles.